The van der Waals surface area contributed by atoms with Crippen LogP contribution in [-0.2, 0) is 18.8 Å². The maximum Gasteiger partial charge on any atom is 0.400 e. The summed E-state index contributed by atoms with van der Waals surface area (Å²) in [6.07, 6.45) is -0.631. The zero-order chi connectivity index (χ0) is 10.2. The normalized spacial score (nSPS) is 25.1. The fourth-order valence-electron chi connectivity index (χ4n) is 1.22. The summed E-state index contributed by atoms with van der Waals surface area (Å²) in [5.41, 5.74) is 0.621. The van der Waals surface area contributed by atoms with Crippen molar-refractivity contribution in [3.63, 3.8) is 0 Å². The molecule has 0 spiro atoms. The van der Waals surface area contributed by atoms with Gasteiger partial charge in [0.15, 0.2) is 0 Å². The molecular formula is C8H7ClO4S. The molecule has 1 aliphatic rings. The summed E-state index contributed by atoms with van der Waals surface area (Å²) in [5, 5.41) is 0.471. The molecule has 2 rings (SSSR count). The van der Waals surface area contributed by atoms with Crippen LogP contribution in [0, 0.1) is 0 Å². The third-order valence-corrected chi connectivity index (χ3v) is 3.09. The lowest BCUT2D eigenvalue weighted by atomic mass is 10.1. The first-order valence-electron chi connectivity index (χ1n) is 3.90. The maximum atomic E-state index is 10.8. The third-order valence-electron chi connectivity index (χ3n) is 1.85. The smallest absolute Gasteiger partial charge is 0.245 e. The largest absolute Gasteiger partial charge is 0.400 e. The van der Waals surface area contributed by atoms with Crippen molar-refractivity contribution >= 4 is 22.0 Å². The number of halogens is 1. The molecule has 76 valence electrons. The van der Waals surface area contributed by atoms with E-state index in [4.69, 9.17) is 11.6 Å². The molecule has 1 aromatic carbocycles. The minimum absolute atomic E-state index is 0.0218. The monoisotopic (exact) mass is 234 g/mol. The van der Waals surface area contributed by atoms with Crippen LogP contribution in [0.2, 0.25) is 5.02 Å². The van der Waals surface area contributed by atoms with Gasteiger partial charge in [-0.2, -0.15) is 8.42 Å². The van der Waals surface area contributed by atoms with Gasteiger partial charge in [-0.25, -0.2) is 8.37 Å². The van der Waals surface area contributed by atoms with E-state index in [2.05, 4.69) is 8.37 Å². The van der Waals surface area contributed by atoms with E-state index in [0.29, 0.717) is 10.6 Å². The molecule has 1 fully saturated rings. The van der Waals surface area contributed by atoms with Crippen LogP contribution < -0.4 is 0 Å². The molecule has 4 nitrogen and oxygen atoms in total. The predicted octanol–water partition coefficient (Wildman–Crippen LogP) is 1.67. The number of hydrogen-bond acceptors (Lipinski definition) is 4. The van der Waals surface area contributed by atoms with Gasteiger partial charge in [-0.3, -0.25) is 0 Å². The predicted molar refractivity (Wildman–Crippen MR) is 50.1 cm³/mol. The Labute approximate surface area is 86.7 Å². The minimum Gasteiger partial charge on any atom is -0.245 e. The summed E-state index contributed by atoms with van der Waals surface area (Å²) in [5.74, 6) is 0. The van der Waals surface area contributed by atoms with Crippen molar-refractivity contribution in [3.8, 4) is 0 Å². The molecule has 0 saturated carbocycles. The highest BCUT2D eigenvalue weighted by molar-refractivity contribution is 7.82. The standard InChI is InChI=1S/C8H7ClO4S/c9-7-4-2-1-3-6(7)8-5-12-14(10,11)13-8/h1-4,8H,5H2. The molecule has 0 amide bonds. The summed E-state index contributed by atoms with van der Waals surface area (Å²) in [7, 11) is -3.82. The van der Waals surface area contributed by atoms with E-state index in [1.165, 1.54) is 0 Å². The van der Waals surface area contributed by atoms with E-state index in [1.807, 2.05) is 0 Å². The second kappa shape index (κ2) is 3.51. The van der Waals surface area contributed by atoms with Crippen LogP contribution in [0.25, 0.3) is 0 Å². The fourth-order valence-corrected chi connectivity index (χ4v) is 2.27. The van der Waals surface area contributed by atoms with Gasteiger partial charge in [-0.15, -0.1) is 0 Å². The highest BCUT2D eigenvalue weighted by atomic mass is 35.5. The second-order valence-corrected chi connectivity index (χ2v) is 4.45. The Morgan fingerprint density at radius 2 is 2.07 bits per heavy atom. The molecule has 0 radical (unpaired) electrons. The van der Waals surface area contributed by atoms with E-state index in [9.17, 15) is 8.42 Å². The van der Waals surface area contributed by atoms with E-state index >= 15 is 0 Å². The molecule has 0 aromatic heterocycles. The van der Waals surface area contributed by atoms with Gasteiger partial charge in [0.2, 0.25) is 0 Å². The zero-order valence-corrected chi connectivity index (χ0v) is 8.59. The molecule has 0 N–H and O–H groups in total. The molecule has 1 saturated heterocycles. The summed E-state index contributed by atoms with van der Waals surface area (Å²) in [6, 6.07) is 6.90. The van der Waals surface area contributed by atoms with Crippen LogP contribution in [0.3, 0.4) is 0 Å². The van der Waals surface area contributed by atoms with Crippen LogP contribution in [0.4, 0.5) is 0 Å². The van der Waals surface area contributed by atoms with E-state index < -0.39 is 16.5 Å². The number of benzene rings is 1. The lowest BCUT2D eigenvalue weighted by Gasteiger charge is -2.06. The molecule has 0 bridgehead atoms. The maximum absolute atomic E-state index is 10.8. The molecule has 1 aromatic rings. The first-order valence-corrected chi connectivity index (χ1v) is 5.62. The van der Waals surface area contributed by atoms with Crippen LogP contribution in [-0.4, -0.2) is 15.0 Å². The molecule has 1 heterocycles. The number of rotatable bonds is 1. The highest BCUT2D eigenvalue weighted by Gasteiger charge is 2.32. The average molecular weight is 235 g/mol. The summed E-state index contributed by atoms with van der Waals surface area (Å²) >= 11 is 5.87. The van der Waals surface area contributed by atoms with E-state index in [-0.39, 0.29) is 6.61 Å². The van der Waals surface area contributed by atoms with Crippen LogP contribution in [0.5, 0.6) is 0 Å². The molecule has 1 atom stereocenters. The van der Waals surface area contributed by atoms with Gasteiger partial charge in [0.25, 0.3) is 0 Å². The van der Waals surface area contributed by atoms with Gasteiger partial charge < -0.3 is 0 Å². The van der Waals surface area contributed by atoms with Crippen molar-refractivity contribution in [2.75, 3.05) is 6.61 Å². The van der Waals surface area contributed by atoms with E-state index in [0.717, 1.165) is 0 Å². The van der Waals surface area contributed by atoms with Crippen molar-refractivity contribution in [1.82, 2.24) is 0 Å². The summed E-state index contributed by atoms with van der Waals surface area (Å²) in [4.78, 5) is 0. The molecule has 6 heteroatoms. The quantitative estimate of drug-likeness (QED) is 0.742. The van der Waals surface area contributed by atoms with Crippen LogP contribution in [0.15, 0.2) is 24.3 Å². The minimum atomic E-state index is -3.82. The number of hydrogen-bond donors (Lipinski definition) is 0. The second-order valence-electron chi connectivity index (χ2n) is 2.80. The Balaban J connectivity index is 2.30. The van der Waals surface area contributed by atoms with Crippen molar-refractivity contribution in [1.29, 1.82) is 0 Å². The van der Waals surface area contributed by atoms with Crippen molar-refractivity contribution in [2.45, 2.75) is 6.10 Å². The van der Waals surface area contributed by atoms with Gasteiger partial charge in [0.1, 0.15) is 12.7 Å². The van der Waals surface area contributed by atoms with Crippen molar-refractivity contribution in [2.24, 2.45) is 0 Å². The Bertz CT molecular complexity index is 442. The average Bonchev–Trinajstić information content (AvgIpc) is 2.47. The van der Waals surface area contributed by atoms with Crippen LogP contribution >= 0.6 is 11.6 Å². The van der Waals surface area contributed by atoms with Gasteiger partial charge in [0, 0.05) is 10.6 Å². The Morgan fingerprint density at radius 1 is 1.36 bits per heavy atom. The lowest BCUT2D eigenvalue weighted by molar-refractivity contribution is 0.242. The van der Waals surface area contributed by atoms with Crippen molar-refractivity contribution in [3.05, 3.63) is 34.9 Å². The van der Waals surface area contributed by atoms with Gasteiger partial charge in [0.05, 0.1) is 0 Å². The molecule has 0 aliphatic carbocycles. The van der Waals surface area contributed by atoms with Gasteiger partial charge in [-0.1, -0.05) is 29.8 Å². The fraction of sp³-hybridized carbons (Fsp3) is 0.250. The highest BCUT2D eigenvalue weighted by Crippen LogP contribution is 2.31. The van der Waals surface area contributed by atoms with Crippen LogP contribution in [0.1, 0.15) is 11.7 Å². The first kappa shape index (κ1) is 9.92. The first-order chi connectivity index (χ1) is 6.58. The van der Waals surface area contributed by atoms with Crippen molar-refractivity contribution < 1.29 is 16.8 Å². The summed E-state index contributed by atoms with van der Waals surface area (Å²) < 4.78 is 30.8. The lowest BCUT2D eigenvalue weighted by Crippen LogP contribution is -2.01. The topological polar surface area (TPSA) is 52.6 Å². The molecule has 14 heavy (non-hydrogen) atoms. The molecule has 1 aliphatic heterocycles. The SMILES string of the molecule is O=S1(=O)OCC(c2ccccc2Cl)O1. The third kappa shape index (κ3) is 1.90. The zero-order valence-electron chi connectivity index (χ0n) is 7.01. The Morgan fingerprint density at radius 3 is 2.64 bits per heavy atom. The molecule has 1 unspecified atom stereocenters. The van der Waals surface area contributed by atoms with Gasteiger partial charge in [-0.05, 0) is 6.07 Å². The van der Waals surface area contributed by atoms with Gasteiger partial charge >= 0.3 is 10.4 Å². The van der Waals surface area contributed by atoms with E-state index in [1.54, 1.807) is 24.3 Å². The Hall–Kier alpha value is -0.620. The molecular weight excluding hydrogens is 228 g/mol. The summed E-state index contributed by atoms with van der Waals surface area (Å²) in [6.45, 7) is -0.0218. The Kier molecular flexibility index (Phi) is 2.48.